The molecule has 1 aliphatic carbocycles. The molecule has 1 aromatic carbocycles. The molecular formula is C19H20Cl2N2O. The van der Waals surface area contributed by atoms with Crippen molar-refractivity contribution in [2.75, 3.05) is 0 Å². The maximum atomic E-state index is 12.1. The van der Waals surface area contributed by atoms with Gasteiger partial charge >= 0.3 is 0 Å². The van der Waals surface area contributed by atoms with Crippen LogP contribution in [0.1, 0.15) is 41.9 Å². The van der Waals surface area contributed by atoms with E-state index in [0.29, 0.717) is 22.4 Å². The molecule has 5 heteroatoms. The highest BCUT2D eigenvalue weighted by molar-refractivity contribution is 6.42. The van der Waals surface area contributed by atoms with Crippen molar-refractivity contribution >= 4 is 29.1 Å². The molecule has 1 heterocycles. The molecule has 1 amide bonds. The summed E-state index contributed by atoms with van der Waals surface area (Å²) in [5.74, 6) is 0.556. The molecule has 0 aliphatic heterocycles. The SMILES string of the molecule is Cc1cncc(CCC(=O)NC2CC(c3ccc(Cl)c(Cl)c3)C2)c1. The number of carbonyl (C=O) groups excluding carboxylic acids is 1. The molecule has 0 radical (unpaired) electrons. The molecule has 0 unspecified atom stereocenters. The third-order valence-corrected chi connectivity index (χ3v) is 5.23. The summed E-state index contributed by atoms with van der Waals surface area (Å²) in [4.78, 5) is 16.2. The molecule has 0 saturated heterocycles. The Labute approximate surface area is 152 Å². The van der Waals surface area contributed by atoms with Crippen LogP contribution in [-0.2, 0) is 11.2 Å². The van der Waals surface area contributed by atoms with E-state index in [0.717, 1.165) is 30.4 Å². The quantitative estimate of drug-likeness (QED) is 0.837. The standard InChI is InChI=1S/C19H20Cl2N2O/c1-12-6-13(11-22-10-12)2-5-19(24)23-16-7-15(8-16)14-3-4-17(20)18(21)9-14/h3-4,6,9-11,15-16H,2,5,7-8H2,1H3,(H,23,24). The van der Waals surface area contributed by atoms with Crippen LogP contribution in [0.4, 0.5) is 0 Å². The predicted molar refractivity (Wildman–Crippen MR) is 97.7 cm³/mol. The summed E-state index contributed by atoms with van der Waals surface area (Å²) in [6, 6.07) is 8.11. The number of rotatable bonds is 5. The highest BCUT2D eigenvalue weighted by atomic mass is 35.5. The van der Waals surface area contributed by atoms with Gasteiger partial charge in [-0.15, -0.1) is 0 Å². The monoisotopic (exact) mass is 362 g/mol. The predicted octanol–water partition coefficient (Wildman–Crippen LogP) is 4.69. The van der Waals surface area contributed by atoms with Crippen LogP contribution in [0.15, 0.2) is 36.7 Å². The fourth-order valence-corrected chi connectivity index (χ4v) is 3.39. The van der Waals surface area contributed by atoms with Crippen molar-refractivity contribution < 1.29 is 4.79 Å². The Bertz CT molecular complexity index is 742. The van der Waals surface area contributed by atoms with E-state index < -0.39 is 0 Å². The minimum atomic E-state index is 0.106. The topological polar surface area (TPSA) is 42.0 Å². The van der Waals surface area contributed by atoms with Crippen LogP contribution in [0.2, 0.25) is 10.0 Å². The molecule has 1 fully saturated rings. The highest BCUT2D eigenvalue weighted by Gasteiger charge is 2.31. The Hall–Kier alpha value is -1.58. The summed E-state index contributed by atoms with van der Waals surface area (Å²) >= 11 is 12.0. The van der Waals surface area contributed by atoms with Gasteiger partial charge in [0.1, 0.15) is 0 Å². The smallest absolute Gasteiger partial charge is 0.220 e. The second kappa shape index (κ2) is 7.54. The first kappa shape index (κ1) is 17.2. The molecule has 3 rings (SSSR count). The van der Waals surface area contributed by atoms with Crippen LogP contribution in [0.5, 0.6) is 0 Å². The molecule has 24 heavy (non-hydrogen) atoms. The van der Waals surface area contributed by atoms with Gasteiger partial charge in [0.2, 0.25) is 5.91 Å². The van der Waals surface area contributed by atoms with Gasteiger partial charge in [0.05, 0.1) is 10.0 Å². The highest BCUT2D eigenvalue weighted by Crippen LogP contribution is 2.38. The number of aromatic nitrogens is 1. The van der Waals surface area contributed by atoms with Gasteiger partial charge < -0.3 is 5.32 Å². The van der Waals surface area contributed by atoms with Gasteiger partial charge in [-0.1, -0.05) is 35.3 Å². The minimum absolute atomic E-state index is 0.106. The molecule has 0 spiro atoms. The third-order valence-electron chi connectivity index (χ3n) is 4.49. The van der Waals surface area contributed by atoms with Gasteiger partial charge in [0.25, 0.3) is 0 Å². The molecule has 0 bridgehead atoms. The Morgan fingerprint density at radius 3 is 2.71 bits per heavy atom. The Morgan fingerprint density at radius 1 is 1.21 bits per heavy atom. The first-order chi connectivity index (χ1) is 11.5. The van der Waals surface area contributed by atoms with Gasteiger partial charge in [-0.3, -0.25) is 9.78 Å². The second-order valence-electron chi connectivity index (χ2n) is 6.48. The maximum absolute atomic E-state index is 12.1. The number of benzene rings is 1. The molecule has 1 aromatic heterocycles. The maximum Gasteiger partial charge on any atom is 0.220 e. The lowest BCUT2D eigenvalue weighted by Crippen LogP contribution is -2.43. The normalized spacial score (nSPS) is 19.6. The molecule has 3 nitrogen and oxygen atoms in total. The number of nitrogens with one attached hydrogen (secondary N) is 1. The lowest BCUT2D eigenvalue weighted by molar-refractivity contribution is -0.122. The average Bonchev–Trinajstić information content (AvgIpc) is 2.51. The van der Waals surface area contributed by atoms with Crippen LogP contribution in [0.3, 0.4) is 0 Å². The zero-order valence-electron chi connectivity index (χ0n) is 13.6. The largest absolute Gasteiger partial charge is 0.353 e. The van der Waals surface area contributed by atoms with E-state index in [1.165, 1.54) is 5.56 Å². The minimum Gasteiger partial charge on any atom is -0.353 e. The second-order valence-corrected chi connectivity index (χ2v) is 7.29. The van der Waals surface area contributed by atoms with Crippen LogP contribution in [-0.4, -0.2) is 16.9 Å². The Balaban J connectivity index is 1.43. The van der Waals surface area contributed by atoms with Crippen LogP contribution in [0, 0.1) is 6.92 Å². The van der Waals surface area contributed by atoms with Crippen LogP contribution >= 0.6 is 23.2 Å². The van der Waals surface area contributed by atoms with Gasteiger partial charge in [-0.2, -0.15) is 0 Å². The summed E-state index contributed by atoms with van der Waals surface area (Å²) in [5.41, 5.74) is 3.42. The van der Waals surface area contributed by atoms with Crippen molar-refractivity contribution in [2.24, 2.45) is 0 Å². The first-order valence-electron chi connectivity index (χ1n) is 8.16. The van der Waals surface area contributed by atoms with E-state index in [4.69, 9.17) is 23.2 Å². The molecule has 0 atom stereocenters. The summed E-state index contributed by atoms with van der Waals surface area (Å²) < 4.78 is 0. The number of amides is 1. The van der Waals surface area contributed by atoms with E-state index in [2.05, 4.69) is 16.4 Å². The van der Waals surface area contributed by atoms with Gasteiger partial charge in [0, 0.05) is 24.9 Å². The number of nitrogens with zero attached hydrogens (tertiary/aromatic N) is 1. The van der Waals surface area contributed by atoms with Crippen molar-refractivity contribution in [3.8, 4) is 0 Å². The molecule has 1 aliphatic rings. The van der Waals surface area contributed by atoms with E-state index in [-0.39, 0.29) is 11.9 Å². The van der Waals surface area contributed by atoms with Crippen molar-refractivity contribution in [3.05, 3.63) is 63.4 Å². The summed E-state index contributed by atoms with van der Waals surface area (Å²) in [6.45, 7) is 2.01. The molecule has 1 saturated carbocycles. The number of hydrogen-bond donors (Lipinski definition) is 1. The fraction of sp³-hybridized carbons (Fsp3) is 0.368. The summed E-state index contributed by atoms with van der Waals surface area (Å²) in [6.07, 6.45) is 6.78. The van der Waals surface area contributed by atoms with E-state index >= 15 is 0 Å². The number of halogens is 2. The zero-order valence-corrected chi connectivity index (χ0v) is 15.1. The Morgan fingerprint density at radius 2 is 2.00 bits per heavy atom. The van der Waals surface area contributed by atoms with E-state index in [9.17, 15) is 4.79 Å². The lowest BCUT2D eigenvalue weighted by Gasteiger charge is -2.36. The number of hydrogen-bond acceptors (Lipinski definition) is 2. The molecule has 2 aromatic rings. The molecular weight excluding hydrogens is 343 g/mol. The van der Waals surface area contributed by atoms with Crippen molar-refractivity contribution in [2.45, 2.75) is 44.6 Å². The zero-order chi connectivity index (χ0) is 17.1. The number of aryl methyl sites for hydroxylation is 2. The van der Waals surface area contributed by atoms with Gasteiger partial charge in [-0.25, -0.2) is 0 Å². The van der Waals surface area contributed by atoms with E-state index in [1.807, 2.05) is 37.5 Å². The molecule has 126 valence electrons. The van der Waals surface area contributed by atoms with Crippen molar-refractivity contribution in [1.29, 1.82) is 0 Å². The summed E-state index contributed by atoms with van der Waals surface area (Å²) in [7, 11) is 0. The van der Waals surface area contributed by atoms with E-state index in [1.54, 1.807) is 0 Å². The summed E-state index contributed by atoms with van der Waals surface area (Å²) in [5, 5.41) is 4.28. The number of carbonyl (C=O) groups is 1. The van der Waals surface area contributed by atoms with Crippen molar-refractivity contribution in [1.82, 2.24) is 10.3 Å². The third kappa shape index (κ3) is 4.28. The van der Waals surface area contributed by atoms with Crippen LogP contribution in [0.25, 0.3) is 0 Å². The van der Waals surface area contributed by atoms with Gasteiger partial charge in [0.15, 0.2) is 0 Å². The Kier molecular flexibility index (Phi) is 5.42. The van der Waals surface area contributed by atoms with Gasteiger partial charge in [-0.05, 0) is 60.9 Å². The first-order valence-corrected chi connectivity index (χ1v) is 8.91. The lowest BCUT2D eigenvalue weighted by atomic mass is 9.76. The van der Waals surface area contributed by atoms with Crippen molar-refractivity contribution in [3.63, 3.8) is 0 Å². The fourth-order valence-electron chi connectivity index (χ4n) is 3.09. The van der Waals surface area contributed by atoms with Crippen LogP contribution < -0.4 is 5.32 Å². The average molecular weight is 363 g/mol. The molecule has 1 N–H and O–H groups in total. The number of pyridine rings is 1.